The van der Waals surface area contributed by atoms with Crippen LogP contribution in [0.4, 0.5) is 10.1 Å². The number of hydrogen-bond donors (Lipinski definition) is 2. The molecule has 2 aromatic heterocycles. The average molecular weight is 493 g/mol. The maximum Gasteiger partial charge on any atom is 0.169 e. The van der Waals surface area contributed by atoms with E-state index < -0.39 is 5.82 Å². The summed E-state index contributed by atoms with van der Waals surface area (Å²) in [5.41, 5.74) is 9.83. The normalized spacial score (nSPS) is 24.7. The highest BCUT2D eigenvalue weighted by atomic mass is 19.1. The monoisotopic (exact) mass is 492 g/mol. The van der Waals surface area contributed by atoms with Gasteiger partial charge in [-0.3, -0.25) is 14.8 Å². The van der Waals surface area contributed by atoms with E-state index >= 15 is 0 Å². The van der Waals surface area contributed by atoms with Crippen LogP contribution < -0.4 is 10.6 Å². The molecular formula is C28H33FN4O3. The van der Waals surface area contributed by atoms with Gasteiger partial charge < -0.3 is 20.5 Å². The molecule has 1 unspecified atom stereocenters. The Hall–Kier alpha value is -2.94. The van der Waals surface area contributed by atoms with Gasteiger partial charge in [0.15, 0.2) is 5.78 Å². The van der Waals surface area contributed by atoms with Crippen molar-refractivity contribution in [1.29, 1.82) is 0 Å². The van der Waals surface area contributed by atoms with E-state index in [1.54, 1.807) is 24.7 Å². The molecule has 0 radical (unpaired) electrons. The van der Waals surface area contributed by atoms with Crippen LogP contribution in [0.1, 0.15) is 53.6 Å². The predicted octanol–water partition coefficient (Wildman–Crippen LogP) is 3.62. The number of anilines is 1. The number of morpholine rings is 1. The van der Waals surface area contributed by atoms with Gasteiger partial charge >= 0.3 is 0 Å². The number of halogens is 1. The summed E-state index contributed by atoms with van der Waals surface area (Å²) in [5, 5.41) is 9.75. The molecule has 1 saturated carbocycles. The van der Waals surface area contributed by atoms with Crippen LogP contribution in [0.15, 0.2) is 42.9 Å². The standard InChI is InChI=1S/C28H33FN4O3/c1-17-8-18(10-20(30)9-17)23-4-5-31-13-19(23)11-27(35)24-2-3-26(29)25-12-21(14-32-28(24)25)33-6-7-36-22(15-33)16-34/h2-5,12-14,17-18,20,22,34H,6-11,15-16,30H2,1H3/t17-,18+,20-,22?/m0/s1. The number of carbonyl (C=O) groups excluding carboxylic acids is 1. The van der Waals surface area contributed by atoms with Crippen LogP contribution >= 0.6 is 0 Å². The maximum absolute atomic E-state index is 14.9. The summed E-state index contributed by atoms with van der Waals surface area (Å²) < 4.78 is 20.4. The molecule has 190 valence electrons. The topological polar surface area (TPSA) is 102 Å². The van der Waals surface area contributed by atoms with Crippen molar-refractivity contribution in [3.63, 3.8) is 0 Å². The smallest absolute Gasteiger partial charge is 0.169 e. The van der Waals surface area contributed by atoms with Crippen LogP contribution in [-0.4, -0.2) is 59.3 Å². The summed E-state index contributed by atoms with van der Waals surface area (Å²) in [5.74, 6) is 0.301. The molecule has 1 saturated heterocycles. The number of benzene rings is 1. The lowest BCUT2D eigenvalue weighted by Crippen LogP contribution is -2.44. The van der Waals surface area contributed by atoms with E-state index in [4.69, 9.17) is 10.5 Å². The third-order valence-corrected chi connectivity index (χ3v) is 7.50. The third-order valence-electron chi connectivity index (χ3n) is 7.50. The summed E-state index contributed by atoms with van der Waals surface area (Å²) in [6, 6.07) is 6.76. The van der Waals surface area contributed by atoms with Gasteiger partial charge in [0.05, 0.1) is 36.7 Å². The SMILES string of the molecule is C[C@@H]1C[C@H](N)C[C@H](c2ccncc2CC(=O)c2ccc(F)c3cc(N4CCOC(CO)C4)cnc23)C1. The second-order valence-corrected chi connectivity index (χ2v) is 10.2. The molecule has 5 rings (SSSR count). The zero-order chi connectivity index (χ0) is 25.2. The first-order valence-electron chi connectivity index (χ1n) is 12.7. The minimum Gasteiger partial charge on any atom is -0.394 e. The van der Waals surface area contributed by atoms with E-state index in [0.29, 0.717) is 48.0 Å². The first-order chi connectivity index (χ1) is 17.4. The summed E-state index contributed by atoms with van der Waals surface area (Å²) in [7, 11) is 0. The number of nitrogens with zero attached hydrogens (tertiary/aromatic N) is 3. The highest BCUT2D eigenvalue weighted by molar-refractivity contribution is 6.08. The van der Waals surface area contributed by atoms with Gasteiger partial charge in [-0.05, 0) is 66.5 Å². The first kappa shape index (κ1) is 24.7. The minimum atomic E-state index is -0.421. The van der Waals surface area contributed by atoms with Gasteiger partial charge in [-0.1, -0.05) is 6.92 Å². The number of Topliss-reactive ketones (excluding diaryl/α,β-unsaturated/α-hetero) is 1. The fourth-order valence-electron chi connectivity index (χ4n) is 5.80. The van der Waals surface area contributed by atoms with E-state index in [2.05, 4.69) is 16.9 Å². The summed E-state index contributed by atoms with van der Waals surface area (Å²) in [4.78, 5) is 24.3. The molecule has 0 amide bonds. The first-order valence-corrected chi connectivity index (χ1v) is 12.7. The number of ether oxygens (including phenoxy) is 1. The quantitative estimate of drug-likeness (QED) is 0.507. The van der Waals surface area contributed by atoms with Crippen molar-refractivity contribution in [1.82, 2.24) is 9.97 Å². The third kappa shape index (κ3) is 5.12. The van der Waals surface area contributed by atoms with Crippen LogP contribution in [0.25, 0.3) is 10.9 Å². The predicted molar refractivity (Wildman–Crippen MR) is 137 cm³/mol. The highest BCUT2D eigenvalue weighted by Crippen LogP contribution is 2.37. The lowest BCUT2D eigenvalue weighted by atomic mass is 9.75. The summed E-state index contributed by atoms with van der Waals surface area (Å²) >= 11 is 0. The molecule has 3 aromatic rings. The molecule has 4 atom stereocenters. The van der Waals surface area contributed by atoms with Gasteiger partial charge in [0.25, 0.3) is 0 Å². The number of hydrogen-bond acceptors (Lipinski definition) is 7. The molecule has 3 heterocycles. The molecule has 36 heavy (non-hydrogen) atoms. The van der Waals surface area contributed by atoms with Gasteiger partial charge in [0.2, 0.25) is 0 Å². The number of aliphatic hydroxyl groups is 1. The zero-order valence-corrected chi connectivity index (χ0v) is 20.6. The zero-order valence-electron chi connectivity index (χ0n) is 20.6. The van der Waals surface area contributed by atoms with Gasteiger partial charge in [-0.2, -0.15) is 0 Å². The average Bonchev–Trinajstić information content (AvgIpc) is 2.88. The Morgan fingerprint density at radius 3 is 2.92 bits per heavy atom. The van der Waals surface area contributed by atoms with E-state index in [-0.39, 0.29) is 31.0 Å². The molecule has 3 N–H and O–H groups in total. The molecule has 7 nitrogen and oxygen atoms in total. The molecule has 1 aliphatic carbocycles. The van der Waals surface area contributed by atoms with Crippen LogP contribution in [0, 0.1) is 11.7 Å². The number of aromatic nitrogens is 2. The van der Waals surface area contributed by atoms with Crippen LogP contribution in [0.5, 0.6) is 0 Å². The van der Waals surface area contributed by atoms with Crippen molar-refractivity contribution < 1.29 is 19.0 Å². The molecule has 0 spiro atoms. The van der Waals surface area contributed by atoms with Crippen LogP contribution in [0.3, 0.4) is 0 Å². The number of rotatable bonds is 6. The van der Waals surface area contributed by atoms with Crippen LogP contribution in [0.2, 0.25) is 0 Å². The molecule has 2 aliphatic rings. The fraction of sp³-hybridized carbons (Fsp3) is 0.464. The minimum absolute atomic E-state index is 0.0768. The molecule has 1 aromatic carbocycles. The van der Waals surface area contributed by atoms with Gasteiger partial charge in [0.1, 0.15) is 5.82 Å². The Morgan fingerprint density at radius 1 is 1.25 bits per heavy atom. The fourth-order valence-corrected chi connectivity index (χ4v) is 5.80. The number of ketones is 1. The van der Waals surface area contributed by atoms with Crippen molar-refractivity contribution in [2.45, 2.75) is 50.7 Å². The largest absolute Gasteiger partial charge is 0.394 e. The second-order valence-electron chi connectivity index (χ2n) is 10.2. The van der Waals surface area contributed by atoms with E-state index in [0.717, 1.165) is 36.1 Å². The Morgan fingerprint density at radius 2 is 2.11 bits per heavy atom. The lowest BCUT2D eigenvalue weighted by Gasteiger charge is -2.33. The Bertz CT molecular complexity index is 1240. The van der Waals surface area contributed by atoms with Gasteiger partial charge in [-0.15, -0.1) is 0 Å². The lowest BCUT2D eigenvalue weighted by molar-refractivity contribution is 0.00356. The Labute approximate surface area is 210 Å². The van der Waals surface area contributed by atoms with Crippen molar-refractivity contribution in [2.24, 2.45) is 11.7 Å². The molecule has 1 aliphatic heterocycles. The van der Waals surface area contributed by atoms with E-state index in [9.17, 15) is 14.3 Å². The maximum atomic E-state index is 14.9. The van der Waals surface area contributed by atoms with Crippen LogP contribution in [-0.2, 0) is 11.2 Å². The number of fused-ring (bicyclic) bond motifs is 1. The summed E-state index contributed by atoms with van der Waals surface area (Å²) in [6.45, 7) is 3.74. The Kier molecular flexibility index (Phi) is 7.27. The number of pyridine rings is 2. The van der Waals surface area contributed by atoms with E-state index in [1.165, 1.54) is 12.1 Å². The molecule has 0 bridgehead atoms. The van der Waals surface area contributed by atoms with Gasteiger partial charge in [-0.25, -0.2) is 4.39 Å². The second kappa shape index (κ2) is 10.6. The number of carbonyl (C=O) groups is 1. The number of nitrogens with two attached hydrogens (primary N) is 1. The van der Waals surface area contributed by atoms with Crippen molar-refractivity contribution in [2.75, 3.05) is 31.2 Å². The molecular weight excluding hydrogens is 459 g/mol. The van der Waals surface area contributed by atoms with Crippen molar-refractivity contribution in [3.8, 4) is 0 Å². The Balaban J connectivity index is 1.42. The molecule has 8 heteroatoms. The van der Waals surface area contributed by atoms with Gasteiger partial charge in [0, 0.05) is 48.9 Å². The van der Waals surface area contributed by atoms with E-state index in [1.807, 2.05) is 11.0 Å². The molecule has 2 fully saturated rings. The van der Waals surface area contributed by atoms with Crippen molar-refractivity contribution in [3.05, 3.63) is 65.4 Å². The summed E-state index contributed by atoms with van der Waals surface area (Å²) in [6.07, 6.45) is 8.06. The number of aliphatic hydroxyl groups excluding tert-OH is 1. The highest BCUT2D eigenvalue weighted by Gasteiger charge is 2.28. The van der Waals surface area contributed by atoms with Crippen molar-refractivity contribution >= 4 is 22.4 Å².